The summed E-state index contributed by atoms with van der Waals surface area (Å²) in [5.41, 5.74) is 8.61. The van der Waals surface area contributed by atoms with E-state index in [1.165, 1.54) is 17.3 Å². The molecule has 4 heteroatoms. The zero-order valence-electron chi connectivity index (χ0n) is 11.4. The zero-order chi connectivity index (χ0) is 14.4. The quantitative estimate of drug-likeness (QED) is 0.652. The summed E-state index contributed by atoms with van der Waals surface area (Å²) in [6, 6.07) is 15.5. The lowest BCUT2D eigenvalue weighted by atomic mass is 10.1. The molecule has 104 valence electrons. The van der Waals surface area contributed by atoms with Gasteiger partial charge < -0.3 is 11.1 Å². The van der Waals surface area contributed by atoms with Gasteiger partial charge in [-0.1, -0.05) is 31.2 Å². The van der Waals surface area contributed by atoms with E-state index in [1.807, 2.05) is 42.5 Å². The number of anilines is 2. The monoisotopic (exact) mass is 286 g/mol. The molecule has 1 amide bonds. The molecule has 2 rings (SSSR count). The van der Waals surface area contributed by atoms with Crippen LogP contribution in [0.3, 0.4) is 0 Å². The molecule has 0 saturated carbocycles. The van der Waals surface area contributed by atoms with Crippen molar-refractivity contribution in [3.05, 3.63) is 54.1 Å². The van der Waals surface area contributed by atoms with Crippen LogP contribution in [0.5, 0.6) is 0 Å². The van der Waals surface area contributed by atoms with Gasteiger partial charge in [0.25, 0.3) is 0 Å². The minimum absolute atomic E-state index is 0.0218. The van der Waals surface area contributed by atoms with Crippen molar-refractivity contribution < 1.29 is 4.79 Å². The van der Waals surface area contributed by atoms with E-state index in [0.29, 0.717) is 11.4 Å². The fourth-order valence-electron chi connectivity index (χ4n) is 1.82. The molecule has 0 fully saturated rings. The SMILES string of the molecule is CCc1cccc(NC(=O)CSc2ccccc2N)c1. The van der Waals surface area contributed by atoms with E-state index in [-0.39, 0.29) is 5.91 Å². The average Bonchev–Trinajstić information content (AvgIpc) is 2.46. The highest BCUT2D eigenvalue weighted by atomic mass is 32.2. The Labute approximate surface area is 123 Å². The predicted molar refractivity (Wildman–Crippen MR) is 86.0 cm³/mol. The summed E-state index contributed by atoms with van der Waals surface area (Å²) in [5, 5.41) is 2.91. The Morgan fingerprint density at radius 3 is 2.75 bits per heavy atom. The molecule has 0 aromatic heterocycles. The highest BCUT2D eigenvalue weighted by Crippen LogP contribution is 2.24. The number of thioether (sulfide) groups is 1. The number of amides is 1. The van der Waals surface area contributed by atoms with Gasteiger partial charge in [0.1, 0.15) is 0 Å². The predicted octanol–water partition coefficient (Wildman–Crippen LogP) is 3.56. The van der Waals surface area contributed by atoms with E-state index in [4.69, 9.17) is 5.73 Å². The van der Waals surface area contributed by atoms with Gasteiger partial charge in [0.15, 0.2) is 0 Å². The summed E-state index contributed by atoms with van der Waals surface area (Å²) in [7, 11) is 0. The van der Waals surface area contributed by atoms with Gasteiger partial charge in [-0.3, -0.25) is 4.79 Å². The molecule has 0 aliphatic heterocycles. The van der Waals surface area contributed by atoms with Gasteiger partial charge in [0.05, 0.1) is 5.75 Å². The Balaban J connectivity index is 1.91. The van der Waals surface area contributed by atoms with Crippen molar-refractivity contribution in [2.24, 2.45) is 0 Å². The molecular formula is C16H18N2OS. The smallest absolute Gasteiger partial charge is 0.234 e. The minimum Gasteiger partial charge on any atom is -0.398 e. The van der Waals surface area contributed by atoms with E-state index < -0.39 is 0 Å². The van der Waals surface area contributed by atoms with E-state index in [0.717, 1.165) is 17.0 Å². The first-order valence-corrected chi connectivity index (χ1v) is 7.53. The Hall–Kier alpha value is -1.94. The van der Waals surface area contributed by atoms with E-state index >= 15 is 0 Å². The number of rotatable bonds is 5. The molecule has 2 aromatic rings. The molecular weight excluding hydrogens is 268 g/mol. The second-order valence-corrected chi connectivity index (χ2v) is 5.45. The second kappa shape index (κ2) is 7.01. The summed E-state index contributed by atoms with van der Waals surface area (Å²) in [5.74, 6) is 0.330. The molecule has 0 aliphatic rings. The number of nitrogens with two attached hydrogens (primary N) is 1. The molecule has 0 spiro atoms. The number of hydrogen-bond acceptors (Lipinski definition) is 3. The van der Waals surface area contributed by atoms with Crippen molar-refractivity contribution in [2.45, 2.75) is 18.2 Å². The number of carbonyl (C=O) groups is 1. The molecule has 0 heterocycles. The number of aryl methyl sites for hydroxylation is 1. The van der Waals surface area contributed by atoms with Crippen LogP contribution in [0.15, 0.2) is 53.4 Å². The highest BCUT2D eigenvalue weighted by molar-refractivity contribution is 8.00. The summed E-state index contributed by atoms with van der Waals surface area (Å²) in [6.45, 7) is 2.09. The molecule has 0 atom stereocenters. The average molecular weight is 286 g/mol. The van der Waals surface area contributed by atoms with Gasteiger partial charge in [-0.05, 0) is 36.2 Å². The number of carbonyl (C=O) groups excluding carboxylic acids is 1. The third-order valence-electron chi connectivity index (χ3n) is 2.90. The van der Waals surface area contributed by atoms with Crippen molar-refractivity contribution in [3.63, 3.8) is 0 Å². The van der Waals surface area contributed by atoms with Gasteiger partial charge >= 0.3 is 0 Å². The molecule has 0 radical (unpaired) electrons. The van der Waals surface area contributed by atoms with Crippen LogP contribution in [0.4, 0.5) is 11.4 Å². The molecule has 0 unspecified atom stereocenters. The molecule has 3 N–H and O–H groups in total. The zero-order valence-corrected chi connectivity index (χ0v) is 12.2. The first-order chi connectivity index (χ1) is 9.69. The Morgan fingerprint density at radius 1 is 1.20 bits per heavy atom. The van der Waals surface area contributed by atoms with Crippen LogP contribution >= 0.6 is 11.8 Å². The molecule has 0 bridgehead atoms. The maximum Gasteiger partial charge on any atom is 0.234 e. The Morgan fingerprint density at radius 2 is 2.00 bits per heavy atom. The highest BCUT2D eigenvalue weighted by Gasteiger charge is 2.05. The van der Waals surface area contributed by atoms with Crippen LogP contribution in [-0.2, 0) is 11.2 Å². The number of hydrogen-bond donors (Lipinski definition) is 2. The number of nitrogens with one attached hydrogen (secondary N) is 1. The summed E-state index contributed by atoms with van der Waals surface area (Å²) < 4.78 is 0. The molecule has 0 saturated heterocycles. The fourth-order valence-corrected chi connectivity index (χ4v) is 2.59. The molecule has 2 aromatic carbocycles. The van der Waals surface area contributed by atoms with Crippen molar-refractivity contribution in [3.8, 4) is 0 Å². The Kier molecular flexibility index (Phi) is 5.07. The maximum atomic E-state index is 11.9. The van der Waals surface area contributed by atoms with Crippen molar-refractivity contribution in [1.29, 1.82) is 0 Å². The number of nitrogen functional groups attached to an aromatic ring is 1. The minimum atomic E-state index is -0.0218. The van der Waals surface area contributed by atoms with Gasteiger partial charge in [0.2, 0.25) is 5.91 Å². The van der Waals surface area contributed by atoms with Crippen LogP contribution in [0.1, 0.15) is 12.5 Å². The lowest BCUT2D eigenvalue weighted by Crippen LogP contribution is -2.14. The third kappa shape index (κ3) is 4.03. The number of para-hydroxylation sites is 1. The lowest BCUT2D eigenvalue weighted by molar-refractivity contribution is -0.113. The van der Waals surface area contributed by atoms with E-state index in [1.54, 1.807) is 0 Å². The normalized spacial score (nSPS) is 10.2. The van der Waals surface area contributed by atoms with Crippen LogP contribution in [0, 0.1) is 0 Å². The topological polar surface area (TPSA) is 55.1 Å². The van der Waals surface area contributed by atoms with Crippen molar-refractivity contribution >= 4 is 29.0 Å². The van der Waals surface area contributed by atoms with Crippen LogP contribution < -0.4 is 11.1 Å². The van der Waals surface area contributed by atoms with E-state index in [9.17, 15) is 4.79 Å². The summed E-state index contributed by atoms with van der Waals surface area (Å²) in [4.78, 5) is 12.9. The van der Waals surface area contributed by atoms with Gasteiger partial charge in [-0.2, -0.15) is 0 Å². The first kappa shape index (κ1) is 14.5. The summed E-state index contributed by atoms with van der Waals surface area (Å²) >= 11 is 1.45. The standard InChI is InChI=1S/C16H18N2OS/c1-2-12-6-5-7-13(10-12)18-16(19)11-20-15-9-4-3-8-14(15)17/h3-10H,2,11,17H2,1H3,(H,18,19). The van der Waals surface area contributed by atoms with Gasteiger partial charge in [0, 0.05) is 16.3 Å². The van der Waals surface area contributed by atoms with Crippen molar-refractivity contribution in [1.82, 2.24) is 0 Å². The fraction of sp³-hybridized carbons (Fsp3) is 0.188. The van der Waals surface area contributed by atoms with E-state index in [2.05, 4.69) is 18.3 Å². The molecule has 0 aliphatic carbocycles. The summed E-state index contributed by atoms with van der Waals surface area (Å²) in [6.07, 6.45) is 0.957. The Bertz CT molecular complexity index is 599. The number of benzene rings is 2. The van der Waals surface area contributed by atoms with Crippen LogP contribution in [0.25, 0.3) is 0 Å². The second-order valence-electron chi connectivity index (χ2n) is 4.43. The molecule has 3 nitrogen and oxygen atoms in total. The van der Waals surface area contributed by atoms with Crippen LogP contribution in [0.2, 0.25) is 0 Å². The maximum absolute atomic E-state index is 11.9. The van der Waals surface area contributed by atoms with Crippen LogP contribution in [-0.4, -0.2) is 11.7 Å². The van der Waals surface area contributed by atoms with Gasteiger partial charge in [-0.15, -0.1) is 11.8 Å². The first-order valence-electron chi connectivity index (χ1n) is 6.55. The van der Waals surface area contributed by atoms with Crippen molar-refractivity contribution in [2.75, 3.05) is 16.8 Å². The molecule has 20 heavy (non-hydrogen) atoms. The third-order valence-corrected chi connectivity index (χ3v) is 3.99. The lowest BCUT2D eigenvalue weighted by Gasteiger charge is -2.07. The largest absolute Gasteiger partial charge is 0.398 e. The van der Waals surface area contributed by atoms with Gasteiger partial charge in [-0.25, -0.2) is 0 Å².